The number of likely N-dealkylation sites (tertiary alicyclic amines) is 1. The first-order valence-corrected chi connectivity index (χ1v) is 12.7. The first kappa shape index (κ1) is 21.7. The van der Waals surface area contributed by atoms with Gasteiger partial charge in [-0.2, -0.15) is 0 Å². The van der Waals surface area contributed by atoms with E-state index in [1.165, 1.54) is 68.7 Å². The number of nitrogens with zero attached hydrogens (tertiary/aromatic N) is 5. The van der Waals surface area contributed by atoms with Crippen molar-refractivity contribution in [1.29, 1.82) is 0 Å². The van der Waals surface area contributed by atoms with Crippen molar-refractivity contribution in [2.24, 2.45) is 0 Å². The van der Waals surface area contributed by atoms with Crippen LogP contribution in [0.3, 0.4) is 0 Å². The summed E-state index contributed by atoms with van der Waals surface area (Å²) in [5, 5.41) is 3.68. The van der Waals surface area contributed by atoms with Crippen molar-refractivity contribution in [3.63, 3.8) is 0 Å². The molecule has 0 amide bonds. The van der Waals surface area contributed by atoms with Crippen molar-refractivity contribution in [1.82, 2.24) is 19.8 Å². The summed E-state index contributed by atoms with van der Waals surface area (Å²) >= 11 is 0. The maximum absolute atomic E-state index is 5.02. The maximum atomic E-state index is 5.02. The van der Waals surface area contributed by atoms with Crippen molar-refractivity contribution < 1.29 is 0 Å². The molecule has 1 aliphatic carbocycles. The largest absolute Gasteiger partial charge is 0.370 e. The second-order valence-corrected chi connectivity index (χ2v) is 9.69. The second kappa shape index (κ2) is 10.2. The molecule has 2 aliphatic heterocycles. The number of rotatable bonds is 7. The standard InChI is InChI=1S/C26H38N6/c1-30-17-19-32(20-18-30)22-11-9-21(10-12-22)25-28-24-8-3-2-7-23(24)26(29-25)27-13-6-16-31-14-4-5-15-31/h9-12H,2-8,13-20H2,1H3,(H,27,28,29). The topological polar surface area (TPSA) is 47.5 Å². The van der Waals surface area contributed by atoms with Crippen LogP contribution in [-0.2, 0) is 12.8 Å². The molecule has 1 aromatic carbocycles. The molecular formula is C26H38N6. The number of aryl methyl sites for hydroxylation is 1. The molecule has 3 aliphatic rings. The number of hydrogen-bond acceptors (Lipinski definition) is 6. The van der Waals surface area contributed by atoms with Gasteiger partial charge in [-0.1, -0.05) is 0 Å². The lowest BCUT2D eigenvalue weighted by molar-refractivity contribution is 0.313. The zero-order chi connectivity index (χ0) is 21.8. The highest BCUT2D eigenvalue weighted by molar-refractivity contribution is 5.63. The van der Waals surface area contributed by atoms with Crippen LogP contribution in [0.1, 0.15) is 43.4 Å². The van der Waals surface area contributed by atoms with E-state index in [0.29, 0.717) is 0 Å². The Morgan fingerprint density at radius 1 is 0.844 bits per heavy atom. The van der Waals surface area contributed by atoms with E-state index in [-0.39, 0.29) is 0 Å². The van der Waals surface area contributed by atoms with Crippen LogP contribution in [0.25, 0.3) is 11.4 Å². The highest BCUT2D eigenvalue weighted by Crippen LogP contribution is 2.29. The van der Waals surface area contributed by atoms with Gasteiger partial charge >= 0.3 is 0 Å². The van der Waals surface area contributed by atoms with Gasteiger partial charge in [0.1, 0.15) is 5.82 Å². The minimum absolute atomic E-state index is 0.873. The Kier molecular flexibility index (Phi) is 6.89. The van der Waals surface area contributed by atoms with Gasteiger partial charge in [-0.3, -0.25) is 0 Å². The van der Waals surface area contributed by atoms with E-state index >= 15 is 0 Å². The third-order valence-corrected chi connectivity index (χ3v) is 7.32. The molecule has 1 N–H and O–H groups in total. The molecule has 0 unspecified atom stereocenters. The molecule has 6 heteroatoms. The van der Waals surface area contributed by atoms with Crippen LogP contribution in [0.5, 0.6) is 0 Å². The van der Waals surface area contributed by atoms with Crippen LogP contribution in [0.15, 0.2) is 24.3 Å². The maximum Gasteiger partial charge on any atom is 0.161 e. The Labute approximate surface area is 193 Å². The average Bonchev–Trinajstić information content (AvgIpc) is 3.36. The number of anilines is 2. The second-order valence-electron chi connectivity index (χ2n) is 9.69. The number of nitrogens with one attached hydrogen (secondary N) is 1. The Morgan fingerprint density at radius 2 is 1.59 bits per heavy atom. The van der Waals surface area contributed by atoms with Crippen LogP contribution in [0, 0.1) is 0 Å². The molecule has 0 saturated carbocycles. The molecule has 1 aromatic heterocycles. The summed E-state index contributed by atoms with van der Waals surface area (Å²) in [4.78, 5) is 17.5. The number of benzene rings is 1. The summed E-state index contributed by atoms with van der Waals surface area (Å²) in [5.41, 5.74) is 5.04. The van der Waals surface area contributed by atoms with Crippen LogP contribution in [0.2, 0.25) is 0 Å². The molecule has 0 bridgehead atoms. The van der Waals surface area contributed by atoms with E-state index in [1.807, 2.05) is 0 Å². The highest BCUT2D eigenvalue weighted by Gasteiger charge is 2.19. The Hall–Kier alpha value is -2.18. The quantitative estimate of drug-likeness (QED) is 0.671. The lowest BCUT2D eigenvalue weighted by atomic mass is 9.96. The average molecular weight is 435 g/mol. The molecule has 2 saturated heterocycles. The summed E-state index contributed by atoms with van der Waals surface area (Å²) in [6.07, 6.45) is 8.57. The number of fused-ring (bicyclic) bond motifs is 1. The van der Waals surface area contributed by atoms with Gasteiger partial charge in [-0.15, -0.1) is 0 Å². The Bertz CT molecular complexity index is 882. The van der Waals surface area contributed by atoms with Crippen molar-refractivity contribution in [3.8, 4) is 11.4 Å². The fourth-order valence-corrected chi connectivity index (χ4v) is 5.27. The molecule has 32 heavy (non-hydrogen) atoms. The van der Waals surface area contributed by atoms with E-state index < -0.39 is 0 Å². The number of hydrogen-bond donors (Lipinski definition) is 1. The lowest BCUT2D eigenvalue weighted by Crippen LogP contribution is -2.44. The molecule has 5 rings (SSSR count). The van der Waals surface area contributed by atoms with Crippen LogP contribution in [-0.4, -0.2) is 79.2 Å². The summed E-state index contributed by atoms with van der Waals surface area (Å²) in [7, 11) is 2.20. The van der Waals surface area contributed by atoms with Crippen LogP contribution < -0.4 is 10.2 Å². The normalized spacial score (nSPS) is 19.8. The summed E-state index contributed by atoms with van der Waals surface area (Å²) in [5.74, 6) is 1.95. The SMILES string of the molecule is CN1CCN(c2ccc(-c3nc4c(c(NCCCN5CCCC5)n3)CCCC4)cc2)CC1. The van der Waals surface area contributed by atoms with Crippen LogP contribution >= 0.6 is 0 Å². The van der Waals surface area contributed by atoms with E-state index in [0.717, 1.165) is 62.8 Å². The number of likely N-dealkylation sites (N-methyl/N-ethyl adjacent to an activating group) is 1. The Morgan fingerprint density at radius 3 is 2.38 bits per heavy atom. The summed E-state index contributed by atoms with van der Waals surface area (Å²) in [6.45, 7) is 9.18. The predicted molar refractivity (Wildman–Crippen MR) is 133 cm³/mol. The van der Waals surface area contributed by atoms with Gasteiger partial charge in [0.2, 0.25) is 0 Å². The molecular weight excluding hydrogens is 396 g/mol. The fraction of sp³-hybridized carbons (Fsp3) is 0.615. The predicted octanol–water partition coefficient (Wildman–Crippen LogP) is 3.67. The van der Waals surface area contributed by atoms with E-state index in [1.54, 1.807) is 0 Å². The van der Waals surface area contributed by atoms with E-state index in [2.05, 4.69) is 51.3 Å². The van der Waals surface area contributed by atoms with Crippen molar-refractivity contribution in [2.75, 3.05) is 69.6 Å². The fourth-order valence-electron chi connectivity index (χ4n) is 5.27. The van der Waals surface area contributed by atoms with Gasteiger partial charge in [0.25, 0.3) is 0 Å². The third kappa shape index (κ3) is 5.07. The molecule has 6 nitrogen and oxygen atoms in total. The van der Waals surface area contributed by atoms with Gasteiger partial charge in [0.05, 0.1) is 0 Å². The zero-order valence-electron chi connectivity index (χ0n) is 19.7. The first-order chi connectivity index (χ1) is 15.8. The minimum Gasteiger partial charge on any atom is -0.370 e. The molecule has 2 fully saturated rings. The van der Waals surface area contributed by atoms with Gasteiger partial charge < -0.3 is 20.0 Å². The van der Waals surface area contributed by atoms with Gasteiger partial charge in [0.15, 0.2) is 5.82 Å². The zero-order valence-corrected chi connectivity index (χ0v) is 19.7. The summed E-state index contributed by atoms with van der Waals surface area (Å²) < 4.78 is 0. The monoisotopic (exact) mass is 434 g/mol. The highest BCUT2D eigenvalue weighted by atomic mass is 15.2. The number of aromatic nitrogens is 2. The van der Waals surface area contributed by atoms with Crippen molar-refractivity contribution in [2.45, 2.75) is 44.9 Å². The van der Waals surface area contributed by atoms with Gasteiger partial charge in [0, 0.05) is 55.2 Å². The first-order valence-electron chi connectivity index (χ1n) is 12.7. The van der Waals surface area contributed by atoms with E-state index in [9.17, 15) is 0 Å². The van der Waals surface area contributed by atoms with Crippen molar-refractivity contribution in [3.05, 3.63) is 35.5 Å². The Balaban J connectivity index is 1.29. The molecule has 0 spiro atoms. The van der Waals surface area contributed by atoms with E-state index in [4.69, 9.17) is 9.97 Å². The molecule has 0 atom stereocenters. The number of piperazine rings is 1. The van der Waals surface area contributed by atoms with Crippen molar-refractivity contribution >= 4 is 11.5 Å². The molecule has 172 valence electrons. The third-order valence-electron chi connectivity index (χ3n) is 7.32. The van der Waals surface area contributed by atoms with Gasteiger partial charge in [-0.05, 0) is 95.9 Å². The smallest absolute Gasteiger partial charge is 0.161 e. The minimum atomic E-state index is 0.873. The van der Waals surface area contributed by atoms with Crippen LogP contribution in [0.4, 0.5) is 11.5 Å². The van der Waals surface area contributed by atoms with Gasteiger partial charge in [-0.25, -0.2) is 9.97 Å². The lowest BCUT2D eigenvalue weighted by Gasteiger charge is -2.34. The molecule has 2 aromatic rings. The molecule has 3 heterocycles. The summed E-state index contributed by atoms with van der Waals surface area (Å²) in [6, 6.07) is 8.89. The molecule has 0 radical (unpaired) electrons.